The molecule has 0 aliphatic carbocycles. The molecule has 2 N–H and O–H groups in total. The first-order valence-electron chi connectivity index (χ1n) is 6.19. The first-order valence-corrected chi connectivity index (χ1v) is 6.19. The van der Waals surface area contributed by atoms with Crippen molar-refractivity contribution in [1.82, 2.24) is 10.6 Å². The topological polar surface area (TPSA) is 58.2 Å². The first-order chi connectivity index (χ1) is 8.82. The number of carbonyl (C=O) groups is 2. The Labute approximate surface area is 112 Å². The number of rotatable bonds is 4. The molecule has 1 aromatic rings. The molecule has 0 saturated heterocycles. The van der Waals surface area contributed by atoms with Crippen LogP contribution in [0.3, 0.4) is 0 Å². The van der Waals surface area contributed by atoms with Crippen LogP contribution in [-0.4, -0.2) is 23.9 Å². The van der Waals surface area contributed by atoms with Crippen molar-refractivity contribution in [3.8, 4) is 0 Å². The Kier molecular flexibility index (Phi) is 5.03. The number of hydrogen-bond acceptors (Lipinski definition) is 2. The Morgan fingerprint density at radius 1 is 1.16 bits per heavy atom. The van der Waals surface area contributed by atoms with Gasteiger partial charge in [0.05, 0.1) is 5.56 Å². The molecule has 5 heteroatoms. The molecule has 2 amide bonds. The van der Waals surface area contributed by atoms with Gasteiger partial charge in [0.1, 0.15) is 11.9 Å². The Morgan fingerprint density at radius 3 is 2.37 bits per heavy atom. The minimum atomic E-state index is -0.713. The van der Waals surface area contributed by atoms with Crippen molar-refractivity contribution in [1.29, 1.82) is 0 Å². The average Bonchev–Trinajstić information content (AvgIpc) is 2.31. The summed E-state index contributed by atoms with van der Waals surface area (Å²) in [7, 11) is 0. The molecule has 0 aliphatic rings. The fourth-order valence-corrected chi connectivity index (χ4v) is 1.57. The molecule has 1 atom stereocenters. The van der Waals surface area contributed by atoms with Crippen molar-refractivity contribution in [2.24, 2.45) is 0 Å². The van der Waals surface area contributed by atoms with E-state index >= 15 is 0 Å². The number of nitrogens with one attached hydrogen (secondary N) is 2. The predicted octanol–water partition coefficient (Wildman–Crippen LogP) is 1.78. The Morgan fingerprint density at radius 2 is 1.79 bits per heavy atom. The van der Waals surface area contributed by atoms with E-state index in [0.717, 1.165) is 0 Å². The van der Waals surface area contributed by atoms with Gasteiger partial charge in [-0.05, 0) is 39.3 Å². The van der Waals surface area contributed by atoms with Crippen LogP contribution in [0, 0.1) is 12.7 Å². The fraction of sp³-hybridized carbons (Fsp3) is 0.429. The second-order valence-corrected chi connectivity index (χ2v) is 4.79. The number of hydrogen-bond donors (Lipinski definition) is 2. The van der Waals surface area contributed by atoms with Crippen LogP contribution in [0.2, 0.25) is 0 Å². The van der Waals surface area contributed by atoms with Crippen molar-refractivity contribution in [2.45, 2.75) is 39.8 Å². The van der Waals surface area contributed by atoms with Gasteiger partial charge in [-0.25, -0.2) is 4.39 Å². The highest BCUT2D eigenvalue weighted by molar-refractivity contribution is 5.97. The van der Waals surface area contributed by atoms with Gasteiger partial charge in [0.2, 0.25) is 5.91 Å². The van der Waals surface area contributed by atoms with Crippen LogP contribution in [0.5, 0.6) is 0 Å². The van der Waals surface area contributed by atoms with E-state index in [1.807, 2.05) is 13.8 Å². The van der Waals surface area contributed by atoms with E-state index in [4.69, 9.17) is 0 Å². The largest absolute Gasteiger partial charge is 0.352 e. The highest BCUT2D eigenvalue weighted by atomic mass is 19.1. The number of aryl methyl sites for hydroxylation is 1. The smallest absolute Gasteiger partial charge is 0.254 e. The summed E-state index contributed by atoms with van der Waals surface area (Å²) in [5.74, 6) is -1.44. The second-order valence-electron chi connectivity index (χ2n) is 4.79. The third kappa shape index (κ3) is 4.05. The maximum Gasteiger partial charge on any atom is 0.254 e. The first kappa shape index (κ1) is 15.1. The summed E-state index contributed by atoms with van der Waals surface area (Å²) < 4.78 is 13.8. The van der Waals surface area contributed by atoms with Gasteiger partial charge in [-0.2, -0.15) is 0 Å². The maximum atomic E-state index is 13.8. The average molecular weight is 266 g/mol. The van der Waals surface area contributed by atoms with Gasteiger partial charge in [0.25, 0.3) is 5.91 Å². The highest BCUT2D eigenvalue weighted by Gasteiger charge is 2.19. The normalized spacial score (nSPS) is 12.1. The van der Waals surface area contributed by atoms with E-state index in [9.17, 15) is 14.0 Å². The second kappa shape index (κ2) is 6.31. The molecule has 19 heavy (non-hydrogen) atoms. The number of carbonyl (C=O) groups excluding carboxylic acids is 2. The van der Waals surface area contributed by atoms with Crippen molar-refractivity contribution in [3.63, 3.8) is 0 Å². The molecule has 0 fully saturated rings. The maximum absolute atomic E-state index is 13.8. The summed E-state index contributed by atoms with van der Waals surface area (Å²) in [6, 6.07) is 3.86. The summed E-state index contributed by atoms with van der Waals surface area (Å²) in [4.78, 5) is 23.5. The molecule has 104 valence electrons. The lowest BCUT2D eigenvalue weighted by molar-refractivity contribution is -0.123. The van der Waals surface area contributed by atoms with Crippen molar-refractivity contribution >= 4 is 11.8 Å². The summed E-state index contributed by atoms with van der Waals surface area (Å²) in [5.41, 5.74) is 0.344. The number of amides is 2. The van der Waals surface area contributed by atoms with Crippen LogP contribution >= 0.6 is 0 Å². The van der Waals surface area contributed by atoms with Crippen LogP contribution in [0.25, 0.3) is 0 Å². The van der Waals surface area contributed by atoms with Crippen LogP contribution in [0.15, 0.2) is 18.2 Å². The van der Waals surface area contributed by atoms with Gasteiger partial charge in [-0.1, -0.05) is 12.1 Å². The van der Waals surface area contributed by atoms with Crippen LogP contribution in [0.4, 0.5) is 4.39 Å². The van der Waals surface area contributed by atoms with E-state index in [1.54, 1.807) is 26.0 Å². The summed E-state index contributed by atoms with van der Waals surface area (Å²) in [5, 5.41) is 5.16. The van der Waals surface area contributed by atoms with Gasteiger partial charge >= 0.3 is 0 Å². The Balaban J connectivity index is 2.74. The highest BCUT2D eigenvalue weighted by Crippen LogP contribution is 2.11. The van der Waals surface area contributed by atoms with Crippen LogP contribution < -0.4 is 10.6 Å². The summed E-state index contributed by atoms with van der Waals surface area (Å²) in [6.45, 7) is 6.80. The molecule has 0 spiro atoms. The SMILES string of the molecule is Cc1cccc(C(=O)NC(C)C(=O)NC(C)C)c1F. The zero-order chi connectivity index (χ0) is 14.6. The van der Waals surface area contributed by atoms with Gasteiger partial charge in [-0.3, -0.25) is 9.59 Å². The van der Waals surface area contributed by atoms with Gasteiger partial charge in [0, 0.05) is 6.04 Å². The summed E-state index contributed by atoms with van der Waals surface area (Å²) in [6.07, 6.45) is 0. The lowest BCUT2D eigenvalue weighted by atomic mass is 10.1. The lowest BCUT2D eigenvalue weighted by Crippen LogP contribution is -2.46. The zero-order valence-corrected chi connectivity index (χ0v) is 11.6. The Hall–Kier alpha value is -1.91. The molecule has 1 rings (SSSR count). The molecule has 0 aromatic heterocycles. The molecule has 1 aromatic carbocycles. The molecule has 0 aliphatic heterocycles. The van der Waals surface area contributed by atoms with Gasteiger partial charge < -0.3 is 10.6 Å². The molecule has 0 radical (unpaired) electrons. The van der Waals surface area contributed by atoms with E-state index < -0.39 is 17.8 Å². The van der Waals surface area contributed by atoms with Crippen molar-refractivity contribution in [2.75, 3.05) is 0 Å². The quantitative estimate of drug-likeness (QED) is 0.872. The van der Waals surface area contributed by atoms with Gasteiger partial charge in [0.15, 0.2) is 0 Å². The Bertz CT molecular complexity index is 486. The van der Waals surface area contributed by atoms with E-state index in [1.165, 1.54) is 6.07 Å². The molecule has 1 unspecified atom stereocenters. The zero-order valence-electron chi connectivity index (χ0n) is 11.6. The summed E-state index contributed by atoms with van der Waals surface area (Å²) >= 11 is 0. The minimum Gasteiger partial charge on any atom is -0.352 e. The minimum absolute atomic E-state index is 0.0115. The van der Waals surface area contributed by atoms with E-state index in [-0.39, 0.29) is 17.5 Å². The number of benzene rings is 1. The molecule has 0 heterocycles. The van der Waals surface area contributed by atoms with Crippen molar-refractivity contribution in [3.05, 3.63) is 35.1 Å². The number of halogens is 1. The fourth-order valence-electron chi connectivity index (χ4n) is 1.57. The van der Waals surface area contributed by atoms with Crippen LogP contribution in [-0.2, 0) is 4.79 Å². The third-order valence-corrected chi connectivity index (χ3v) is 2.61. The molecule has 0 saturated carbocycles. The molecular weight excluding hydrogens is 247 g/mol. The van der Waals surface area contributed by atoms with Crippen molar-refractivity contribution < 1.29 is 14.0 Å². The molecule has 0 bridgehead atoms. The third-order valence-electron chi connectivity index (χ3n) is 2.61. The standard InChI is InChI=1S/C14H19FN2O2/c1-8(2)16-13(18)10(4)17-14(19)11-7-5-6-9(3)12(11)15/h5-8,10H,1-4H3,(H,16,18)(H,17,19). The monoisotopic (exact) mass is 266 g/mol. The van der Waals surface area contributed by atoms with Gasteiger partial charge in [-0.15, -0.1) is 0 Å². The van der Waals surface area contributed by atoms with Crippen LogP contribution in [0.1, 0.15) is 36.7 Å². The molecular formula is C14H19FN2O2. The predicted molar refractivity (Wildman–Crippen MR) is 71.3 cm³/mol. The van der Waals surface area contributed by atoms with E-state index in [2.05, 4.69) is 10.6 Å². The molecule has 4 nitrogen and oxygen atoms in total. The lowest BCUT2D eigenvalue weighted by Gasteiger charge is -2.16. The van der Waals surface area contributed by atoms with E-state index in [0.29, 0.717) is 5.56 Å².